The van der Waals surface area contributed by atoms with Crippen LogP contribution in [0.25, 0.3) is 0 Å². The number of hydrogen-bond donors (Lipinski definition) is 0. The van der Waals surface area contributed by atoms with Gasteiger partial charge in [-0.3, -0.25) is 4.57 Å². The lowest BCUT2D eigenvalue weighted by Gasteiger charge is -2.34. The summed E-state index contributed by atoms with van der Waals surface area (Å²) in [5.41, 5.74) is 0. The number of rotatable bonds is 5. The second-order valence-electron chi connectivity index (χ2n) is 5.37. The molecular formula is C13H19N3O6. The molecule has 0 N–H and O–H groups in total. The average molecular weight is 313 g/mol. The van der Waals surface area contributed by atoms with Crippen LogP contribution in [0.4, 0.5) is 5.82 Å². The van der Waals surface area contributed by atoms with Crippen molar-refractivity contribution in [2.75, 3.05) is 20.3 Å². The van der Waals surface area contributed by atoms with E-state index >= 15 is 0 Å². The first-order valence-corrected chi connectivity index (χ1v) is 7.31. The molecule has 3 atom stereocenters. The molecule has 0 amide bonds. The van der Waals surface area contributed by atoms with Crippen LogP contribution in [0.1, 0.15) is 19.3 Å². The average Bonchev–Trinajstić information content (AvgIpc) is 2.92. The molecule has 1 saturated heterocycles. The van der Waals surface area contributed by atoms with Gasteiger partial charge in [0.15, 0.2) is 12.4 Å². The van der Waals surface area contributed by atoms with Crippen molar-refractivity contribution >= 4 is 5.82 Å². The third kappa shape index (κ3) is 3.21. The lowest BCUT2D eigenvalue weighted by atomic mass is 10.1. The second kappa shape index (κ2) is 6.59. The van der Waals surface area contributed by atoms with E-state index in [0.717, 1.165) is 19.3 Å². The van der Waals surface area contributed by atoms with Gasteiger partial charge in [-0.2, -0.15) is 0 Å². The summed E-state index contributed by atoms with van der Waals surface area (Å²) in [6.45, 7) is 1.43. The van der Waals surface area contributed by atoms with Crippen LogP contribution in [0.3, 0.4) is 0 Å². The Morgan fingerprint density at radius 1 is 1.55 bits per heavy atom. The SMILES string of the molecule is COC[C@H]1Oc2nc([N+](=O)[O-])cn2C[C@H]1OC1CCCCO1. The molecule has 0 aliphatic carbocycles. The van der Waals surface area contributed by atoms with Gasteiger partial charge in [-0.15, -0.1) is 0 Å². The Morgan fingerprint density at radius 3 is 3.09 bits per heavy atom. The van der Waals surface area contributed by atoms with Crippen molar-refractivity contribution in [3.05, 3.63) is 16.3 Å². The zero-order valence-corrected chi connectivity index (χ0v) is 12.3. The first-order chi connectivity index (χ1) is 10.7. The zero-order chi connectivity index (χ0) is 15.5. The highest BCUT2D eigenvalue weighted by molar-refractivity contribution is 5.22. The van der Waals surface area contributed by atoms with Gasteiger partial charge < -0.3 is 29.1 Å². The molecule has 9 heteroatoms. The molecule has 9 nitrogen and oxygen atoms in total. The molecule has 0 radical (unpaired) electrons. The highest BCUT2D eigenvalue weighted by Crippen LogP contribution is 2.27. The molecule has 1 unspecified atom stereocenters. The third-order valence-corrected chi connectivity index (χ3v) is 3.76. The lowest BCUT2D eigenvalue weighted by molar-refractivity contribution is -0.389. The molecule has 0 spiro atoms. The minimum absolute atomic E-state index is 0.221. The largest absolute Gasteiger partial charge is 0.437 e. The fourth-order valence-electron chi connectivity index (χ4n) is 2.67. The van der Waals surface area contributed by atoms with E-state index in [2.05, 4.69) is 4.98 Å². The van der Waals surface area contributed by atoms with Crippen molar-refractivity contribution in [3.63, 3.8) is 0 Å². The smallest absolute Gasteiger partial charge is 0.414 e. The van der Waals surface area contributed by atoms with Gasteiger partial charge in [0.2, 0.25) is 0 Å². The molecule has 3 heterocycles. The van der Waals surface area contributed by atoms with Gasteiger partial charge in [0.1, 0.15) is 12.3 Å². The maximum absolute atomic E-state index is 10.8. The Kier molecular flexibility index (Phi) is 4.55. The van der Waals surface area contributed by atoms with E-state index in [9.17, 15) is 10.1 Å². The summed E-state index contributed by atoms with van der Waals surface area (Å²) in [6.07, 6.45) is 3.37. The molecule has 3 rings (SSSR count). The van der Waals surface area contributed by atoms with Crippen LogP contribution in [-0.4, -0.2) is 53.3 Å². The van der Waals surface area contributed by atoms with Gasteiger partial charge in [0, 0.05) is 18.7 Å². The van der Waals surface area contributed by atoms with Crippen molar-refractivity contribution in [1.82, 2.24) is 9.55 Å². The Morgan fingerprint density at radius 2 is 2.41 bits per heavy atom. The predicted octanol–water partition coefficient (Wildman–Crippen LogP) is 1.11. The summed E-state index contributed by atoms with van der Waals surface area (Å²) in [4.78, 5) is 14.1. The lowest BCUT2D eigenvalue weighted by Crippen LogP contribution is -2.46. The van der Waals surface area contributed by atoms with Crippen molar-refractivity contribution in [3.8, 4) is 6.01 Å². The Bertz CT molecular complexity index is 528. The maximum Gasteiger partial charge on any atom is 0.414 e. The Balaban J connectivity index is 1.73. The molecule has 1 aromatic heterocycles. The standard InChI is InChI=1S/C13H19N3O6/c1-19-8-10-9(21-12-4-2-3-5-20-12)6-15-7-11(16(17)18)14-13(15)22-10/h7,9-10,12H,2-6,8H2,1H3/t9-,10-,12?/m1/s1. The topological polar surface area (TPSA) is 97.9 Å². The Hall–Kier alpha value is -1.71. The number of aromatic nitrogens is 2. The zero-order valence-electron chi connectivity index (χ0n) is 12.3. The van der Waals surface area contributed by atoms with Crippen molar-refractivity contribution < 1.29 is 23.9 Å². The quantitative estimate of drug-likeness (QED) is 0.593. The molecule has 0 saturated carbocycles. The summed E-state index contributed by atoms with van der Waals surface area (Å²) in [5, 5.41) is 10.8. The van der Waals surface area contributed by atoms with E-state index in [1.54, 1.807) is 11.7 Å². The summed E-state index contributed by atoms with van der Waals surface area (Å²) in [5.74, 6) is -0.235. The van der Waals surface area contributed by atoms with Gasteiger partial charge in [-0.25, -0.2) is 0 Å². The van der Waals surface area contributed by atoms with Crippen molar-refractivity contribution in [2.45, 2.75) is 44.3 Å². The van der Waals surface area contributed by atoms with Gasteiger partial charge in [-0.1, -0.05) is 0 Å². The first-order valence-electron chi connectivity index (χ1n) is 7.31. The van der Waals surface area contributed by atoms with Gasteiger partial charge in [0.25, 0.3) is 0 Å². The van der Waals surface area contributed by atoms with Gasteiger partial charge in [-0.05, 0) is 24.2 Å². The molecule has 1 aromatic rings. The second-order valence-corrected chi connectivity index (χ2v) is 5.37. The van der Waals surface area contributed by atoms with Crippen LogP contribution in [0.5, 0.6) is 6.01 Å². The highest BCUT2D eigenvalue weighted by Gasteiger charge is 2.37. The monoisotopic (exact) mass is 313 g/mol. The van der Waals surface area contributed by atoms with Crippen LogP contribution < -0.4 is 4.74 Å². The summed E-state index contributed by atoms with van der Waals surface area (Å²) < 4.78 is 24.0. The molecule has 0 aromatic carbocycles. The van der Waals surface area contributed by atoms with Crippen molar-refractivity contribution in [1.29, 1.82) is 0 Å². The minimum Gasteiger partial charge on any atom is -0.437 e. The highest BCUT2D eigenvalue weighted by atomic mass is 16.7. The van der Waals surface area contributed by atoms with E-state index in [1.165, 1.54) is 6.20 Å². The van der Waals surface area contributed by atoms with E-state index in [0.29, 0.717) is 19.8 Å². The van der Waals surface area contributed by atoms with Crippen LogP contribution in [0.15, 0.2) is 6.20 Å². The number of fused-ring (bicyclic) bond motifs is 1. The van der Waals surface area contributed by atoms with Gasteiger partial charge in [0.05, 0.1) is 13.2 Å². The summed E-state index contributed by atoms with van der Waals surface area (Å²) in [7, 11) is 1.57. The van der Waals surface area contributed by atoms with Crippen LogP contribution in [0.2, 0.25) is 0 Å². The molecule has 122 valence electrons. The number of hydrogen-bond acceptors (Lipinski definition) is 7. The van der Waals surface area contributed by atoms with E-state index in [1.807, 2.05) is 0 Å². The van der Waals surface area contributed by atoms with Crippen LogP contribution in [-0.2, 0) is 20.8 Å². The van der Waals surface area contributed by atoms with E-state index < -0.39 is 4.92 Å². The van der Waals surface area contributed by atoms with Gasteiger partial charge >= 0.3 is 11.8 Å². The number of nitro groups is 1. The molecule has 2 aliphatic rings. The fraction of sp³-hybridized carbons (Fsp3) is 0.769. The number of nitrogens with zero attached hydrogens (tertiary/aromatic N) is 3. The van der Waals surface area contributed by atoms with Crippen LogP contribution in [0, 0.1) is 10.1 Å². The third-order valence-electron chi connectivity index (χ3n) is 3.76. The number of methoxy groups -OCH3 is 1. The van der Waals surface area contributed by atoms with Crippen molar-refractivity contribution in [2.24, 2.45) is 0 Å². The van der Waals surface area contributed by atoms with E-state index in [4.69, 9.17) is 18.9 Å². The van der Waals surface area contributed by atoms with Crippen LogP contribution >= 0.6 is 0 Å². The Labute approximate surface area is 127 Å². The first kappa shape index (κ1) is 15.2. The summed E-state index contributed by atoms with van der Waals surface area (Å²) >= 11 is 0. The molecule has 22 heavy (non-hydrogen) atoms. The maximum atomic E-state index is 10.8. The summed E-state index contributed by atoms with van der Waals surface area (Å²) in [6, 6.07) is 0.221. The minimum atomic E-state index is -0.542. The predicted molar refractivity (Wildman–Crippen MR) is 73.6 cm³/mol. The number of imidazole rings is 1. The number of ether oxygens (including phenoxy) is 4. The molecule has 1 fully saturated rings. The van der Waals surface area contributed by atoms with E-state index in [-0.39, 0.29) is 30.3 Å². The molecular weight excluding hydrogens is 294 g/mol. The normalized spacial score (nSPS) is 28.0. The fourth-order valence-corrected chi connectivity index (χ4v) is 2.67. The molecule has 2 aliphatic heterocycles. The molecule has 0 bridgehead atoms.